The van der Waals surface area contributed by atoms with E-state index in [1.807, 2.05) is 12.1 Å². The van der Waals surface area contributed by atoms with E-state index in [0.717, 1.165) is 13.0 Å². The highest BCUT2D eigenvalue weighted by molar-refractivity contribution is 7.89. The number of hydrogen-bond acceptors (Lipinski definition) is 4. The number of aromatic amines is 1. The summed E-state index contributed by atoms with van der Waals surface area (Å²) in [5, 5.41) is 6.27. The van der Waals surface area contributed by atoms with Gasteiger partial charge in [-0.05, 0) is 44.0 Å². The lowest BCUT2D eigenvalue weighted by Gasteiger charge is -2.27. The number of fused-ring (bicyclic) bond motifs is 1. The van der Waals surface area contributed by atoms with E-state index >= 15 is 0 Å². The number of carbonyl (C=O) groups excluding carboxylic acids is 1. The van der Waals surface area contributed by atoms with Crippen LogP contribution in [-0.4, -0.2) is 38.4 Å². The molecule has 140 valence electrons. The Morgan fingerprint density at radius 2 is 2.08 bits per heavy atom. The minimum atomic E-state index is -3.62. The largest absolute Gasteiger partial charge is 0.356 e. The third kappa shape index (κ3) is 4.14. The Morgan fingerprint density at radius 1 is 1.31 bits per heavy atom. The molecule has 7 nitrogen and oxygen atoms in total. The Bertz CT molecular complexity index is 889. The van der Waals surface area contributed by atoms with Gasteiger partial charge >= 0.3 is 0 Å². The number of aromatic nitrogens is 1. The Kier molecular flexibility index (Phi) is 5.45. The molecule has 0 aliphatic carbocycles. The van der Waals surface area contributed by atoms with Gasteiger partial charge in [0.2, 0.25) is 10.0 Å². The third-order valence-electron chi connectivity index (χ3n) is 4.28. The van der Waals surface area contributed by atoms with E-state index in [4.69, 9.17) is 0 Å². The van der Waals surface area contributed by atoms with Gasteiger partial charge in [-0.15, -0.1) is 0 Å². The molecule has 8 heteroatoms. The van der Waals surface area contributed by atoms with Crippen LogP contribution in [0.25, 0.3) is 0 Å². The lowest BCUT2D eigenvalue weighted by atomic mass is 9.94. The van der Waals surface area contributed by atoms with E-state index in [-0.39, 0.29) is 28.6 Å². The van der Waals surface area contributed by atoms with Gasteiger partial charge < -0.3 is 15.6 Å². The van der Waals surface area contributed by atoms with Crippen LogP contribution in [0, 0.1) is 0 Å². The quantitative estimate of drug-likeness (QED) is 0.610. The molecular formula is C18H24N4O3S. The van der Waals surface area contributed by atoms with Crippen LogP contribution in [0.1, 0.15) is 41.5 Å². The monoisotopic (exact) mass is 376 g/mol. The fourth-order valence-corrected chi connectivity index (χ4v) is 4.35. The van der Waals surface area contributed by atoms with Gasteiger partial charge in [0.05, 0.1) is 0 Å². The van der Waals surface area contributed by atoms with Crippen molar-refractivity contribution in [2.45, 2.75) is 37.2 Å². The summed E-state index contributed by atoms with van der Waals surface area (Å²) in [6, 6.07) is 9.36. The summed E-state index contributed by atoms with van der Waals surface area (Å²) in [7, 11) is -3.62. The minimum Gasteiger partial charge on any atom is -0.356 e. The Morgan fingerprint density at radius 3 is 2.85 bits per heavy atom. The van der Waals surface area contributed by atoms with E-state index in [0.29, 0.717) is 6.54 Å². The first-order valence-corrected chi connectivity index (χ1v) is 10.2. The van der Waals surface area contributed by atoms with E-state index in [1.54, 1.807) is 13.8 Å². The van der Waals surface area contributed by atoms with Crippen molar-refractivity contribution in [2.75, 3.05) is 13.1 Å². The highest BCUT2D eigenvalue weighted by atomic mass is 32.2. The van der Waals surface area contributed by atoms with E-state index < -0.39 is 10.0 Å². The topological polar surface area (TPSA) is 103 Å². The van der Waals surface area contributed by atoms with Gasteiger partial charge in [0.1, 0.15) is 10.6 Å². The molecule has 1 atom stereocenters. The molecule has 1 aliphatic rings. The van der Waals surface area contributed by atoms with E-state index in [1.165, 1.54) is 23.4 Å². The maximum Gasteiger partial charge on any atom is 0.267 e. The average molecular weight is 376 g/mol. The SMILES string of the molecule is CC(C)NS(=O)(=O)c1c[nH]c(C(=O)NCC2NCCc3ccccc32)c1. The second kappa shape index (κ2) is 7.61. The second-order valence-corrected chi connectivity index (χ2v) is 8.40. The second-order valence-electron chi connectivity index (χ2n) is 6.69. The number of nitrogens with one attached hydrogen (secondary N) is 4. The molecule has 0 radical (unpaired) electrons. The number of sulfonamides is 1. The standard InChI is InChI=1S/C18H24N4O3S/c1-12(2)22-26(24,25)14-9-16(20-10-14)18(23)21-11-17-15-6-4-3-5-13(15)7-8-19-17/h3-6,9-10,12,17,19-20,22H,7-8,11H2,1-2H3,(H,21,23). The highest BCUT2D eigenvalue weighted by Gasteiger charge is 2.22. The van der Waals surface area contributed by atoms with Crippen LogP contribution in [0.5, 0.6) is 0 Å². The zero-order valence-electron chi connectivity index (χ0n) is 14.9. The summed E-state index contributed by atoms with van der Waals surface area (Å²) >= 11 is 0. The number of benzene rings is 1. The fourth-order valence-electron chi connectivity index (χ4n) is 3.10. The van der Waals surface area contributed by atoms with Crippen molar-refractivity contribution in [3.8, 4) is 0 Å². The molecule has 26 heavy (non-hydrogen) atoms. The molecule has 0 saturated heterocycles. The predicted octanol–water partition coefficient (Wildman–Crippen LogP) is 1.32. The summed E-state index contributed by atoms with van der Waals surface area (Å²) in [4.78, 5) is 15.2. The maximum absolute atomic E-state index is 12.4. The van der Waals surface area contributed by atoms with Gasteiger partial charge in [0.25, 0.3) is 5.91 Å². The van der Waals surface area contributed by atoms with Crippen LogP contribution < -0.4 is 15.4 Å². The maximum atomic E-state index is 12.4. The molecule has 4 N–H and O–H groups in total. The molecule has 0 fully saturated rings. The lowest BCUT2D eigenvalue weighted by Crippen LogP contribution is -2.38. The van der Waals surface area contributed by atoms with E-state index in [2.05, 4.69) is 32.5 Å². The van der Waals surface area contributed by atoms with Crippen molar-refractivity contribution in [3.05, 3.63) is 53.3 Å². The number of rotatable bonds is 6. The first-order valence-electron chi connectivity index (χ1n) is 8.67. The van der Waals surface area contributed by atoms with Gasteiger partial charge in [0.15, 0.2) is 0 Å². The van der Waals surface area contributed by atoms with Crippen molar-refractivity contribution < 1.29 is 13.2 Å². The number of H-pyrrole nitrogens is 1. The summed E-state index contributed by atoms with van der Waals surface area (Å²) in [6.07, 6.45) is 2.30. The molecule has 0 bridgehead atoms. The smallest absolute Gasteiger partial charge is 0.267 e. The normalized spacial score (nSPS) is 17.1. The molecule has 1 unspecified atom stereocenters. The summed E-state index contributed by atoms with van der Waals surface area (Å²) in [6.45, 7) is 4.78. The Hall–Kier alpha value is -2.16. The molecule has 3 rings (SSSR count). The van der Waals surface area contributed by atoms with Crippen LogP contribution in [0.2, 0.25) is 0 Å². The molecule has 1 aliphatic heterocycles. The molecule has 1 amide bonds. The summed E-state index contributed by atoms with van der Waals surface area (Å²) < 4.78 is 26.8. The van der Waals surface area contributed by atoms with Gasteiger partial charge in [-0.3, -0.25) is 4.79 Å². The van der Waals surface area contributed by atoms with Gasteiger partial charge in [-0.25, -0.2) is 13.1 Å². The van der Waals surface area contributed by atoms with Crippen molar-refractivity contribution in [1.29, 1.82) is 0 Å². The van der Waals surface area contributed by atoms with Crippen molar-refractivity contribution in [3.63, 3.8) is 0 Å². The molecule has 0 spiro atoms. The summed E-state index contributed by atoms with van der Waals surface area (Å²) in [5.41, 5.74) is 2.70. The van der Waals surface area contributed by atoms with Crippen LogP contribution in [0.3, 0.4) is 0 Å². The molecular weight excluding hydrogens is 352 g/mol. The van der Waals surface area contributed by atoms with Crippen molar-refractivity contribution in [2.24, 2.45) is 0 Å². The Labute approximate surface area is 153 Å². The van der Waals surface area contributed by atoms with Crippen LogP contribution in [-0.2, 0) is 16.4 Å². The zero-order valence-corrected chi connectivity index (χ0v) is 15.7. The fraction of sp³-hybridized carbons (Fsp3) is 0.389. The van der Waals surface area contributed by atoms with Crippen molar-refractivity contribution >= 4 is 15.9 Å². The zero-order chi connectivity index (χ0) is 18.7. The predicted molar refractivity (Wildman–Crippen MR) is 99.5 cm³/mol. The van der Waals surface area contributed by atoms with E-state index in [9.17, 15) is 13.2 Å². The van der Waals surface area contributed by atoms with Gasteiger partial charge in [-0.2, -0.15) is 0 Å². The number of hydrogen-bond donors (Lipinski definition) is 4. The van der Waals surface area contributed by atoms with Crippen molar-refractivity contribution in [1.82, 2.24) is 20.3 Å². The van der Waals surface area contributed by atoms with Crippen LogP contribution in [0.15, 0.2) is 41.4 Å². The molecule has 0 saturated carbocycles. The Balaban J connectivity index is 1.65. The van der Waals surface area contributed by atoms with Gasteiger partial charge in [0, 0.05) is 24.8 Å². The van der Waals surface area contributed by atoms with Crippen LogP contribution >= 0.6 is 0 Å². The highest BCUT2D eigenvalue weighted by Crippen LogP contribution is 2.22. The first kappa shape index (κ1) is 18.6. The number of carbonyl (C=O) groups is 1. The molecule has 2 heterocycles. The third-order valence-corrected chi connectivity index (χ3v) is 5.92. The summed E-state index contributed by atoms with van der Waals surface area (Å²) in [5.74, 6) is -0.333. The molecule has 1 aromatic heterocycles. The average Bonchev–Trinajstić information content (AvgIpc) is 3.10. The molecule has 2 aromatic rings. The lowest BCUT2D eigenvalue weighted by molar-refractivity contribution is 0.0944. The van der Waals surface area contributed by atoms with Crippen LogP contribution in [0.4, 0.5) is 0 Å². The minimum absolute atomic E-state index is 0.0460. The van der Waals surface area contributed by atoms with Gasteiger partial charge in [-0.1, -0.05) is 24.3 Å². The first-order chi connectivity index (χ1) is 12.4. The number of amides is 1. The molecule has 1 aromatic carbocycles.